The van der Waals surface area contributed by atoms with E-state index in [-0.39, 0.29) is 5.91 Å². The Kier molecular flexibility index (Phi) is 5.84. The highest BCUT2D eigenvalue weighted by Gasteiger charge is 2.23. The maximum Gasteiger partial charge on any atom is 0.273 e. The van der Waals surface area contributed by atoms with Crippen LogP contribution in [0.5, 0.6) is 5.75 Å². The number of carbonyl (C=O) groups is 2. The summed E-state index contributed by atoms with van der Waals surface area (Å²) in [4.78, 5) is 25.3. The van der Waals surface area contributed by atoms with Crippen molar-refractivity contribution in [3.8, 4) is 5.75 Å². The highest BCUT2D eigenvalue weighted by molar-refractivity contribution is 5.98. The Labute approximate surface area is 158 Å². The third-order valence-corrected chi connectivity index (χ3v) is 4.18. The highest BCUT2D eigenvalue weighted by atomic mass is 16.5. The van der Waals surface area contributed by atoms with E-state index in [1.165, 1.54) is 7.11 Å². The van der Waals surface area contributed by atoms with Gasteiger partial charge in [0.05, 0.1) is 18.6 Å². The second-order valence-corrected chi connectivity index (χ2v) is 5.90. The molecule has 5 heteroatoms. The predicted octanol–water partition coefficient (Wildman–Crippen LogP) is 3.29. The SMILES string of the molecule is COc1ccccc1C(=O)NNC(=O)C(c1ccccc1)c1ccccc1. The largest absolute Gasteiger partial charge is 0.496 e. The number of ether oxygens (including phenoxy) is 1. The number of rotatable bonds is 5. The van der Waals surface area contributed by atoms with Crippen LogP contribution >= 0.6 is 0 Å². The molecular formula is C22H20N2O3. The lowest BCUT2D eigenvalue weighted by Crippen LogP contribution is -2.44. The normalized spacial score (nSPS) is 10.3. The van der Waals surface area contributed by atoms with Crippen molar-refractivity contribution in [1.82, 2.24) is 10.9 Å². The highest BCUT2D eigenvalue weighted by Crippen LogP contribution is 2.24. The van der Waals surface area contributed by atoms with E-state index in [0.29, 0.717) is 11.3 Å². The lowest BCUT2D eigenvalue weighted by Gasteiger charge is -2.18. The summed E-state index contributed by atoms with van der Waals surface area (Å²) >= 11 is 0. The second-order valence-electron chi connectivity index (χ2n) is 5.90. The molecule has 5 nitrogen and oxygen atoms in total. The average Bonchev–Trinajstić information content (AvgIpc) is 2.73. The molecule has 0 aliphatic carbocycles. The summed E-state index contributed by atoms with van der Waals surface area (Å²) in [5.74, 6) is -0.867. The molecule has 3 aromatic rings. The molecule has 0 fully saturated rings. The van der Waals surface area contributed by atoms with Gasteiger partial charge in [-0.05, 0) is 23.3 Å². The van der Waals surface area contributed by atoms with Crippen molar-refractivity contribution in [3.63, 3.8) is 0 Å². The molecule has 0 radical (unpaired) electrons. The van der Waals surface area contributed by atoms with Gasteiger partial charge in [-0.2, -0.15) is 0 Å². The van der Waals surface area contributed by atoms with Crippen molar-refractivity contribution in [3.05, 3.63) is 102 Å². The van der Waals surface area contributed by atoms with E-state index in [1.807, 2.05) is 60.7 Å². The molecule has 3 aromatic carbocycles. The topological polar surface area (TPSA) is 67.4 Å². The van der Waals surface area contributed by atoms with Crippen LogP contribution in [-0.2, 0) is 4.79 Å². The van der Waals surface area contributed by atoms with Crippen LogP contribution in [0.4, 0.5) is 0 Å². The first-order valence-corrected chi connectivity index (χ1v) is 8.54. The van der Waals surface area contributed by atoms with Gasteiger partial charge in [-0.15, -0.1) is 0 Å². The van der Waals surface area contributed by atoms with Crippen molar-refractivity contribution >= 4 is 11.8 Å². The zero-order valence-corrected chi connectivity index (χ0v) is 14.9. The van der Waals surface area contributed by atoms with Crippen LogP contribution in [-0.4, -0.2) is 18.9 Å². The summed E-state index contributed by atoms with van der Waals surface area (Å²) in [5.41, 5.74) is 7.03. The minimum Gasteiger partial charge on any atom is -0.496 e. The Bertz CT molecular complexity index is 872. The molecule has 0 saturated carbocycles. The summed E-state index contributed by atoms with van der Waals surface area (Å²) in [6.45, 7) is 0. The van der Waals surface area contributed by atoms with Gasteiger partial charge in [-0.1, -0.05) is 72.8 Å². The molecule has 0 aromatic heterocycles. The monoisotopic (exact) mass is 360 g/mol. The molecule has 3 rings (SSSR count). The van der Waals surface area contributed by atoms with Crippen LogP contribution in [0.25, 0.3) is 0 Å². The minimum absolute atomic E-state index is 0.323. The number of nitrogens with one attached hydrogen (secondary N) is 2. The van der Waals surface area contributed by atoms with E-state index in [4.69, 9.17) is 4.74 Å². The van der Waals surface area contributed by atoms with E-state index in [1.54, 1.807) is 24.3 Å². The number of benzene rings is 3. The Morgan fingerprint density at radius 3 is 1.81 bits per heavy atom. The number of hydrogen-bond donors (Lipinski definition) is 2. The summed E-state index contributed by atoms with van der Waals surface area (Å²) in [7, 11) is 1.49. The summed E-state index contributed by atoms with van der Waals surface area (Å²) in [6.07, 6.45) is 0. The first kappa shape index (κ1) is 18.2. The van der Waals surface area contributed by atoms with E-state index >= 15 is 0 Å². The first-order chi connectivity index (χ1) is 13.2. The maximum atomic E-state index is 12.9. The van der Waals surface area contributed by atoms with Gasteiger partial charge >= 0.3 is 0 Å². The first-order valence-electron chi connectivity index (χ1n) is 8.54. The summed E-state index contributed by atoms with van der Waals surface area (Å²) < 4.78 is 5.19. The number of para-hydroxylation sites is 1. The molecular weight excluding hydrogens is 340 g/mol. The van der Waals surface area contributed by atoms with Crippen LogP contribution in [0.3, 0.4) is 0 Å². The molecule has 0 spiro atoms. The van der Waals surface area contributed by atoms with Gasteiger partial charge in [-0.3, -0.25) is 20.4 Å². The van der Waals surface area contributed by atoms with E-state index in [0.717, 1.165) is 11.1 Å². The molecule has 27 heavy (non-hydrogen) atoms. The van der Waals surface area contributed by atoms with Crippen molar-refractivity contribution < 1.29 is 14.3 Å². The molecule has 0 heterocycles. The Hall–Kier alpha value is -3.60. The summed E-state index contributed by atoms with van der Waals surface area (Å²) in [5, 5.41) is 0. The molecule has 0 atom stereocenters. The second kappa shape index (κ2) is 8.67. The fourth-order valence-corrected chi connectivity index (χ4v) is 2.88. The molecule has 0 saturated heterocycles. The fourth-order valence-electron chi connectivity index (χ4n) is 2.88. The number of amides is 2. The van der Waals surface area contributed by atoms with Crippen molar-refractivity contribution in [2.75, 3.05) is 7.11 Å². The zero-order chi connectivity index (χ0) is 19.1. The Morgan fingerprint density at radius 1 is 0.741 bits per heavy atom. The molecule has 2 amide bonds. The van der Waals surface area contributed by atoms with Crippen LogP contribution in [0.1, 0.15) is 27.4 Å². The number of methoxy groups -OCH3 is 1. The third-order valence-electron chi connectivity index (χ3n) is 4.18. The number of hydrogen-bond acceptors (Lipinski definition) is 3. The Balaban J connectivity index is 1.78. The maximum absolute atomic E-state index is 12.9. The van der Waals surface area contributed by atoms with Gasteiger partial charge < -0.3 is 4.74 Å². The van der Waals surface area contributed by atoms with E-state index < -0.39 is 11.8 Å². The van der Waals surface area contributed by atoms with E-state index in [9.17, 15) is 9.59 Å². The van der Waals surface area contributed by atoms with Gasteiger partial charge in [0, 0.05) is 0 Å². The lowest BCUT2D eigenvalue weighted by molar-refractivity contribution is -0.122. The van der Waals surface area contributed by atoms with Gasteiger partial charge in [0.2, 0.25) is 5.91 Å². The molecule has 0 unspecified atom stereocenters. The van der Waals surface area contributed by atoms with Crippen LogP contribution < -0.4 is 15.6 Å². The molecule has 0 aliphatic rings. The lowest BCUT2D eigenvalue weighted by atomic mass is 9.91. The third kappa shape index (κ3) is 4.33. The zero-order valence-electron chi connectivity index (χ0n) is 14.9. The van der Waals surface area contributed by atoms with Crippen molar-refractivity contribution in [1.29, 1.82) is 0 Å². The Morgan fingerprint density at radius 2 is 1.26 bits per heavy atom. The standard InChI is InChI=1S/C22H20N2O3/c1-27-19-15-9-8-14-18(19)21(25)23-24-22(26)20(16-10-4-2-5-11-16)17-12-6-3-7-13-17/h2-15,20H,1H3,(H,23,25)(H,24,26). The molecule has 0 bridgehead atoms. The van der Waals surface area contributed by atoms with Crippen molar-refractivity contribution in [2.24, 2.45) is 0 Å². The number of carbonyl (C=O) groups excluding carboxylic acids is 2. The van der Waals surface area contributed by atoms with Crippen LogP contribution in [0, 0.1) is 0 Å². The van der Waals surface area contributed by atoms with Gasteiger partial charge in [0.25, 0.3) is 5.91 Å². The fraction of sp³-hybridized carbons (Fsp3) is 0.0909. The van der Waals surface area contributed by atoms with Crippen LogP contribution in [0.2, 0.25) is 0 Å². The smallest absolute Gasteiger partial charge is 0.273 e. The van der Waals surface area contributed by atoms with Crippen LogP contribution in [0.15, 0.2) is 84.9 Å². The van der Waals surface area contributed by atoms with Gasteiger partial charge in [0.15, 0.2) is 0 Å². The van der Waals surface area contributed by atoms with Crippen molar-refractivity contribution in [2.45, 2.75) is 5.92 Å². The predicted molar refractivity (Wildman–Crippen MR) is 103 cm³/mol. The number of hydrazine groups is 1. The van der Waals surface area contributed by atoms with Gasteiger partial charge in [0.1, 0.15) is 5.75 Å². The van der Waals surface area contributed by atoms with E-state index in [2.05, 4.69) is 10.9 Å². The molecule has 0 aliphatic heterocycles. The summed E-state index contributed by atoms with van der Waals surface area (Å²) in [6, 6.07) is 25.7. The van der Waals surface area contributed by atoms with Gasteiger partial charge in [-0.25, -0.2) is 0 Å². The molecule has 2 N–H and O–H groups in total. The average molecular weight is 360 g/mol. The molecule has 136 valence electrons. The minimum atomic E-state index is -0.537. The quantitative estimate of drug-likeness (QED) is 0.686.